The molecule has 0 unspecified atom stereocenters. The van der Waals surface area contributed by atoms with Crippen LogP contribution in [0.3, 0.4) is 0 Å². The number of hydrogen-bond donors (Lipinski definition) is 1. The highest BCUT2D eigenvalue weighted by Gasteiger charge is 2.31. The van der Waals surface area contributed by atoms with Crippen molar-refractivity contribution in [2.75, 3.05) is 23.3 Å². The minimum absolute atomic E-state index is 0.0558. The summed E-state index contributed by atoms with van der Waals surface area (Å²) in [5.41, 5.74) is 0.930. The van der Waals surface area contributed by atoms with Crippen LogP contribution in [0.25, 0.3) is 0 Å². The third kappa shape index (κ3) is 5.36. The molecule has 1 saturated heterocycles. The van der Waals surface area contributed by atoms with E-state index in [9.17, 15) is 27.2 Å². The number of benzene rings is 3. The van der Waals surface area contributed by atoms with E-state index in [-0.39, 0.29) is 18.1 Å². The number of anilines is 2. The van der Waals surface area contributed by atoms with E-state index in [2.05, 4.69) is 5.32 Å². The summed E-state index contributed by atoms with van der Waals surface area (Å²) >= 11 is 0. The van der Waals surface area contributed by atoms with Gasteiger partial charge in [0.25, 0.3) is 5.91 Å². The lowest BCUT2D eigenvalue weighted by molar-refractivity contribution is -0.137. The highest BCUT2D eigenvalue weighted by molar-refractivity contribution is 6.04. The highest BCUT2D eigenvalue weighted by Crippen LogP contribution is 2.30. The summed E-state index contributed by atoms with van der Waals surface area (Å²) in [5, 5.41) is 2.72. The van der Waals surface area contributed by atoms with Crippen LogP contribution in [0.15, 0.2) is 72.8 Å². The van der Waals surface area contributed by atoms with Gasteiger partial charge in [-0.25, -0.2) is 9.18 Å². The Kier molecular flexibility index (Phi) is 6.54. The molecule has 1 N–H and O–H groups in total. The molecule has 1 aliphatic heterocycles. The van der Waals surface area contributed by atoms with Crippen LogP contribution >= 0.6 is 0 Å². The molecular weight excluding hydrogens is 450 g/mol. The van der Waals surface area contributed by atoms with Gasteiger partial charge in [-0.3, -0.25) is 9.69 Å². The summed E-state index contributed by atoms with van der Waals surface area (Å²) in [6.45, 7) is 0.917. The van der Waals surface area contributed by atoms with Gasteiger partial charge < -0.3 is 10.2 Å². The first-order chi connectivity index (χ1) is 16.2. The van der Waals surface area contributed by atoms with Crippen molar-refractivity contribution in [2.24, 2.45) is 0 Å². The Balaban J connectivity index is 1.47. The van der Waals surface area contributed by atoms with Crippen molar-refractivity contribution in [3.05, 3.63) is 95.3 Å². The van der Waals surface area contributed by atoms with Crippen LogP contribution in [0, 0.1) is 5.82 Å². The summed E-state index contributed by atoms with van der Waals surface area (Å²) in [7, 11) is 0. The predicted molar refractivity (Wildman–Crippen MR) is 120 cm³/mol. The lowest BCUT2D eigenvalue weighted by atomic mass is 10.1. The number of halogens is 4. The Morgan fingerprint density at radius 2 is 1.68 bits per heavy atom. The standard InChI is InChI=1S/C25H21F4N3O2/c26-20-10-8-18(9-11-20)23(33)30-21-6-2-7-22(15-21)32-13-3-12-31(24(32)34)16-17-4-1-5-19(14-17)25(27,28)29/h1-2,4-11,14-15H,3,12-13,16H2,(H,30,33). The van der Waals surface area contributed by atoms with Crippen molar-refractivity contribution in [3.63, 3.8) is 0 Å². The van der Waals surface area contributed by atoms with Gasteiger partial charge in [0.2, 0.25) is 0 Å². The second-order valence-electron chi connectivity index (χ2n) is 7.92. The van der Waals surface area contributed by atoms with Gasteiger partial charge in [0.1, 0.15) is 5.82 Å². The molecule has 0 atom stereocenters. The Hall–Kier alpha value is -3.88. The Morgan fingerprint density at radius 3 is 2.41 bits per heavy atom. The molecule has 34 heavy (non-hydrogen) atoms. The largest absolute Gasteiger partial charge is 0.416 e. The number of carbonyl (C=O) groups excluding carboxylic acids is 2. The molecule has 0 aliphatic carbocycles. The lowest BCUT2D eigenvalue weighted by Crippen LogP contribution is -2.49. The fraction of sp³-hybridized carbons (Fsp3) is 0.200. The number of hydrogen-bond acceptors (Lipinski definition) is 2. The first kappa shape index (κ1) is 23.3. The number of nitrogens with zero attached hydrogens (tertiary/aromatic N) is 2. The number of rotatable bonds is 5. The van der Waals surface area contributed by atoms with E-state index in [0.29, 0.717) is 36.4 Å². The smallest absolute Gasteiger partial charge is 0.322 e. The zero-order chi connectivity index (χ0) is 24.3. The van der Waals surface area contributed by atoms with Crippen molar-refractivity contribution < 1.29 is 27.2 Å². The zero-order valence-electron chi connectivity index (χ0n) is 18.0. The molecule has 1 aliphatic rings. The lowest BCUT2D eigenvalue weighted by Gasteiger charge is -2.36. The summed E-state index contributed by atoms with van der Waals surface area (Å²) in [6, 6.07) is 16.5. The zero-order valence-corrected chi connectivity index (χ0v) is 18.0. The van der Waals surface area contributed by atoms with Gasteiger partial charge in [-0.15, -0.1) is 0 Å². The topological polar surface area (TPSA) is 52.7 Å². The number of carbonyl (C=O) groups is 2. The van der Waals surface area contributed by atoms with Crippen molar-refractivity contribution >= 4 is 23.3 Å². The van der Waals surface area contributed by atoms with Crippen LogP contribution in [0.2, 0.25) is 0 Å². The first-order valence-electron chi connectivity index (χ1n) is 10.6. The fourth-order valence-corrected chi connectivity index (χ4v) is 3.79. The van der Waals surface area contributed by atoms with Gasteiger partial charge in [0.05, 0.1) is 5.56 Å². The average Bonchev–Trinajstić information content (AvgIpc) is 2.81. The van der Waals surface area contributed by atoms with Crippen molar-refractivity contribution in [3.8, 4) is 0 Å². The molecule has 0 saturated carbocycles. The minimum atomic E-state index is -4.45. The molecule has 0 aromatic heterocycles. The van der Waals surface area contributed by atoms with Gasteiger partial charge in [0.15, 0.2) is 0 Å². The van der Waals surface area contributed by atoms with E-state index in [4.69, 9.17) is 0 Å². The second kappa shape index (κ2) is 9.54. The number of amides is 3. The maximum atomic E-state index is 13.1. The summed E-state index contributed by atoms with van der Waals surface area (Å²) in [4.78, 5) is 28.6. The summed E-state index contributed by atoms with van der Waals surface area (Å²) < 4.78 is 52.2. The third-order valence-corrected chi connectivity index (χ3v) is 5.46. The summed E-state index contributed by atoms with van der Waals surface area (Å²) in [5.74, 6) is -0.870. The molecule has 3 aromatic rings. The Bertz CT molecular complexity index is 1200. The number of nitrogens with one attached hydrogen (secondary N) is 1. The monoisotopic (exact) mass is 471 g/mol. The number of alkyl halides is 3. The molecule has 176 valence electrons. The molecule has 3 aromatic carbocycles. The Morgan fingerprint density at radius 1 is 0.941 bits per heavy atom. The molecule has 3 amide bonds. The SMILES string of the molecule is O=C(Nc1cccc(N2CCCN(Cc3cccc(C(F)(F)F)c3)C2=O)c1)c1ccc(F)cc1. The van der Waals surface area contributed by atoms with E-state index in [1.54, 1.807) is 30.3 Å². The van der Waals surface area contributed by atoms with E-state index in [1.807, 2.05) is 0 Å². The molecule has 0 radical (unpaired) electrons. The highest BCUT2D eigenvalue weighted by atomic mass is 19.4. The van der Waals surface area contributed by atoms with Crippen LogP contribution < -0.4 is 10.2 Å². The quantitative estimate of drug-likeness (QED) is 0.469. The molecule has 0 spiro atoms. The number of urea groups is 1. The van der Waals surface area contributed by atoms with Crippen molar-refractivity contribution in [2.45, 2.75) is 19.1 Å². The fourth-order valence-electron chi connectivity index (χ4n) is 3.79. The van der Waals surface area contributed by atoms with Gasteiger partial charge in [0, 0.05) is 36.6 Å². The van der Waals surface area contributed by atoms with Crippen LogP contribution in [0.1, 0.15) is 27.9 Å². The van der Waals surface area contributed by atoms with E-state index in [0.717, 1.165) is 12.1 Å². The van der Waals surface area contributed by atoms with E-state index in [1.165, 1.54) is 40.1 Å². The van der Waals surface area contributed by atoms with Crippen molar-refractivity contribution in [1.82, 2.24) is 4.90 Å². The van der Waals surface area contributed by atoms with Crippen LogP contribution in [0.4, 0.5) is 33.7 Å². The molecule has 4 rings (SSSR count). The molecule has 1 fully saturated rings. The minimum Gasteiger partial charge on any atom is -0.322 e. The molecular formula is C25H21F4N3O2. The second-order valence-corrected chi connectivity index (χ2v) is 7.92. The van der Waals surface area contributed by atoms with E-state index < -0.39 is 23.5 Å². The van der Waals surface area contributed by atoms with Crippen molar-refractivity contribution in [1.29, 1.82) is 0 Å². The molecule has 9 heteroatoms. The Labute approximate surface area is 193 Å². The third-order valence-electron chi connectivity index (χ3n) is 5.46. The van der Waals surface area contributed by atoms with Gasteiger partial charge >= 0.3 is 12.2 Å². The molecule has 5 nitrogen and oxygen atoms in total. The predicted octanol–water partition coefficient (Wildman–Crippen LogP) is 5.93. The normalized spacial score (nSPS) is 14.3. The summed E-state index contributed by atoms with van der Waals surface area (Å²) in [6.07, 6.45) is -3.82. The van der Waals surface area contributed by atoms with Crippen LogP contribution in [0.5, 0.6) is 0 Å². The van der Waals surface area contributed by atoms with Gasteiger partial charge in [-0.1, -0.05) is 18.2 Å². The van der Waals surface area contributed by atoms with Gasteiger partial charge in [-0.05, 0) is 66.6 Å². The van der Waals surface area contributed by atoms with Crippen LogP contribution in [-0.2, 0) is 12.7 Å². The molecule has 1 heterocycles. The maximum Gasteiger partial charge on any atom is 0.416 e. The van der Waals surface area contributed by atoms with Crippen LogP contribution in [-0.4, -0.2) is 29.9 Å². The average molecular weight is 471 g/mol. The molecule has 0 bridgehead atoms. The maximum absolute atomic E-state index is 13.1. The van der Waals surface area contributed by atoms with Gasteiger partial charge in [-0.2, -0.15) is 13.2 Å². The van der Waals surface area contributed by atoms with E-state index >= 15 is 0 Å². The first-order valence-corrected chi connectivity index (χ1v) is 10.6.